The van der Waals surface area contributed by atoms with Crippen molar-refractivity contribution in [2.24, 2.45) is 0 Å². The molecule has 0 aromatic rings. The molecule has 0 spiro atoms. The highest BCUT2D eigenvalue weighted by Crippen LogP contribution is 2.08. The van der Waals surface area contributed by atoms with Crippen LogP contribution in [0.25, 0.3) is 0 Å². The van der Waals surface area contributed by atoms with E-state index in [1.165, 1.54) is 0 Å². The van der Waals surface area contributed by atoms with E-state index >= 15 is 0 Å². The molecule has 0 aliphatic rings. The fourth-order valence-corrected chi connectivity index (χ4v) is 1.75. The van der Waals surface area contributed by atoms with E-state index in [1.54, 1.807) is 6.08 Å². The molecule has 1 unspecified atom stereocenters. The third-order valence-electron chi connectivity index (χ3n) is 2.88. The van der Waals surface area contributed by atoms with E-state index in [9.17, 15) is 14.9 Å². The van der Waals surface area contributed by atoms with Crippen molar-refractivity contribution in [1.82, 2.24) is 0 Å². The highest BCUT2D eigenvalue weighted by molar-refractivity contribution is 5.50. The van der Waals surface area contributed by atoms with Gasteiger partial charge in [0, 0.05) is 17.8 Å². The number of unbranched alkanes of at least 4 members (excludes halogenated alkanes) is 6. The van der Waals surface area contributed by atoms with Crippen LogP contribution < -0.4 is 0 Å². The second kappa shape index (κ2) is 12.3. The second-order valence-electron chi connectivity index (χ2n) is 4.52. The van der Waals surface area contributed by atoms with Crippen molar-refractivity contribution >= 4 is 6.29 Å². The van der Waals surface area contributed by atoms with E-state index in [1.807, 2.05) is 19.3 Å². The molecule has 0 fully saturated rings. The quantitative estimate of drug-likeness (QED) is 0.230. The van der Waals surface area contributed by atoms with Gasteiger partial charge < -0.3 is 0 Å². The lowest BCUT2D eigenvalue weighted by Crippen LogP contribution is -2.16. The zero-order valence-corrected chi connectivity index (χ0v) is 11.3. The molecule has 0 aliphatic carbocycles. The van der Waals surface area contributed by atoms with Gasteiger partial charge in [-0.3, -0.25) is 14.9 Å². The molecule has 0 aromatic heterocycles. The molecule has 4 nitrogen and oxygen atoms in total. The average Bonchev–Trinajstić information content (AvgIpc) is 2.35. The smallest absolute Gasteiger partial charge is 0.231 e. The van der Waals surface area contributed by atoms with Gasteiger partial charge in [0.1, 0.15) is 0 Å². The number of hydrogen-bond donors (Lipinski definition) is 0. The lowest BCUT2D eigenvalue weighted by molar-refractivity contribution is -0.510. The van der Waals surface area contributed by atoms with Crippen molar-refractivity contribution in [3.8, 4) is 0 Å². The molecule has 1 atom stereocenters. The van der Waals surface area contributed by atoms with E-state index < -0.39 is 6.04 Å². The number of nitro groups is 1. The summed E-state index contributed by atoms with van der Waals surface area (Å²) in [6.07, 6.45) is 13.5. The van der Waals surface area contributed by atoms with E-state index in [0.29, 0.717) is 12.8 Å². The summed E-state index contributed by atoms with van der Waals surface area (Å²) in [7, 11) is 0. The van der Waals surface area contributed by atoms with Crippen LogP contribution in [0, 0.1) is 10.1 Å². The second-order valence-corrected chi connectivity index (χ2v) is 4.52. The Balaban J connectivity index is 3.63. The molecule has 103 valence electrons. The molecule has 0 bridgehead atoms. The molecule has 0 saturated heterocycles. The van der Waals surface area contributed by atoms with Gasteiger partial charge in [0.05, 0.1) is 0 Å². The Hall–Kier alpha value is -1.19. The summed E-state index contributed by atoms with van der Waals surface area (Å²) < 4.78 is 0. The van der Waals surface area contributed by atoms with E-state index in [0.717, 1.165) is 44.9 Å². The highest BCUT2D eigenvalue weighted by Gasteiger charge is 2.14. The molecule has 0 amide bonds. The third-order valence-corrected chi connectivity index (χ3v) is 2.88. The van der Waals surface area contributed by atoms with Gasteiger partial charge >= 0.3 is 0 Å². The first-order valence-corrected chi connectivity index (χ1v) is 6.87. The van der Waals surface area contributed by atoms with E-state index in [4.69, 9.17) is 0 Å². The summed E-state index contributed by atoms with van der Waals surface area (Å²) >= 11 is 0. The third kappa shape index (κ3) is 10.00. The Labute approximate surface area is 110 Å². The largest absolute Gasteiger partial charge is 0.291 e. The topological polar surface area (TPSA) is 60.2 Å². The van der Waals surface area contributed by atoms with Crippen molar-refractivity contribution in [1.29, 1.82) is 0 Å². The normalized spacial score (nSPS) is 12.7. The first kappa shape index (κ1) is 16.8. The predicted octanol–water partition coefficient (Wildman–Crippen LogP) is 3.83. The fraction of sp³-hybridized carbons (Fsp3) is 0.786. The maximum Gasteiger partial charge on any atom is 0.231 e. The first-order chi connectivity index (χ1) is 8.72. The maximum atomic E-state index is 10.8. The standard InChI is InChI=1S/C14H24NO3/c1-2-3-11-14(15(17)18)12-9-7-5-4-6-8-10-13-16/h9,12,14H,2-8,10-11H2,1H3/b12-9+. The molecular formula is C14H24NO3. The minimum atomic E-state index is -0.519. The van der Waals surface area contributed by atoms with Gasteiger partial charge in [0.25, 0.3) is 0 Å². The van der Waals surface area contributed by atoms with Crippen LogP contribution in [0.3, 0.4) is 0 Å². The lowest BCUT2D eigenvalue weighted by Gasteiger charge is -2.03. The van der Waals surface area contributed by atoms with Crippen LogP contribution in [0.1, 0.15) is 64.7 Å². The summed E-state index contributed by atoms with van der Waals surface area (Å²) in [6.45, 7) is 2.04. The van der Waals surface area contributed by atoms with Crippen molar-refractivity contribution < 1.29 is 9.72 Å². The molecule has 0 N–H and O–H groups in total. The highest BCUT2D eigenvalue weighted by atomic mass is 16.6. The predicted molar refractivity (Wildman–Crippen MR) is 72.8 cm³/mol. The Bertz CT molecular complexity index is 251. The Morgan fingerprint density at radius 3 is 2.56 bits per heavy atom. The van der Waals surface area contributed by atoms with Crippen LogP contribution in [0.15, 0.2) is 12.2 Å². The van der Waals surface area contributed by atoms with Crippen LogP contribution in [0.2, 0.25) is 0 Å². The molecule has 0 aromatic carbocycles. The Morgan fingerprint density at radius 2 is 1.94 bits per heavy atom. The molecule has 4 heteroatoms. The Kier molecular flexibility index (Phi) is 11.5. The monoisotopic (exact) mass is 254 g/mol. The van der Waals surface area contributed by atoms with Crippen molar-refractivity contribution in [2.75, 3.05) is 0 Å². The summed E-state index contributed by atoms with van der Waals surface area (Å²) in [5.74, 6) is 0. The first-order valence-electron chi connectivity index (χ1n) is 6.87. The SMILES string of the molecule is CCCCC(/C=C/CCCCCC[C]=O)[N+](=O)[O-]. The fourth-order valence-electron chi connectivity index (χ4n) is 1.75. The zero-order valence-electron chi connectivity index (χ0n) is 11.3. The van der Waals surface area contributed by atoms with Crippen LogP contribution in [0.4, 0.5) is 0 Å². The zero-order chi connectivity index (χ0) is 13.6. The van der Waals surface area contributed by atoms with Crippen LogP contribution in [-0.4, -0.2) is 17.3 Å². The van der Waals surface area contributed by atoms with Gasteiger partial charge in [-0.2, -0.15) is 0 Å². The molecule has 18 heavy (non-hydrogen) atoms. The number of rotatable bonds is 12. The molecule has 0 rings (SSSR count). The van der Waals surface area contributed by atoms with E-state index in [2.05, 4.69) is 0 Å². The minimum Gasteiger partial charge on any atom is -0.291 e. The van der Waals surface area contributed by atoms with Gasteiger partial charge in [-0.15, -0.1) is 0 Å². The van der Waals surface area contributed by atoms with Crippen LogP contribution in [-0.2, 0) is 4.79 Å². The summed E-state index contributed by atoms with van der Waals surface area (Å²) in [4.78, 5) is 20.5. The van der Waals surface area contributed by atoms with Crippen molar-refractivity contribution in [3.05, 3.63) is 22.3 Å². The summed E-state index contributed by atoms with van der Waals surface area (Å²) in [5, 5.41) is 10.8. The summed E-state index contributed by atoms with van der Waals surface area (Å²) in [5.41, 5.74) is 0. The lowest BCUT2D eigenvalue weighted by atomic mass is 10.1. The molecule has 0 aliphatic heterocycles. The van der Waals surface area contributed by atoms with Gasteiger partial charge in [-0.25, -0.2) is 0 Å². The molecule has 1 radical (unpaired) electrons. The van der Waals surface area contributed by atoms with Gasteiger partial charge in [-0.05, 0) is 31.8 Å². The maximum absolute atomic E-state index is 10.8. The number of carbonyl (C=O) groups excluding carboxylic acids is 1. The minimum absolute atomic E-state index is 0.202. The van der Waals surface area contributed by atoms with Crippen molar-refractivity contribution in [2.45, 2.75) is 70.8 Å². The molecule has 0 heterocycles. The van der Waals surface area contributed by atoms with Crippen LogP contribution in [0.5, 0.6) is 0 Å². The van der Waals surface area contributed by atoms with Gasteiger partial charge in [-0.1, -0.05) is 32.3 Å². The van der Waals surface area contributed by atoms with Crippen LogP contribution >= 0.6 is 0 Å². The molecule has 0 saturated carbocycles. The number of nitrogens with zero attached hydrogens (tertiary/aromatic N) is 1. The number of hydrogen-bond acceptors (Lipinski definition) is 3. The Morgan fingerprint density at radius 1 is 1.22 bits per heavy atom. The van der Waals surface area contributed by atoms with E-state index in [-0.39, 0.29) is 4.92 Å². The average molecular weight is 254 g/mol. The van der Waals surface area contributed by atoms with Gasteiger partial charge in [0.15, 0.2) is 6.29 Å². The van der Waals surface area contributed by atoms with Crippen molar-refractivity contribution in [3.63, 3.8) is 0 Å². The molecular weight excluding hydrogens is 230 g/mol. The number of allylic oxidation sites excluding steroid dienone is 1. The van der Waals surface area contributed by atoms with Gasteiger partial charge in [0.2, 0.25) is 6.04 Å². The summed E-state index contributed by atoms with van der Waals surface area (Å²) in [6, 6.07) is -0.519.